The molecule has 1 heterocycles. The van der Waals surface area contributed by atoms with Crippen LogP contribution in [0.3, 0.4) is 0 Å². The van der Waals surface area contributed by atoms with Crippen LogP contribution in [0.5, 0.6) is 0 Å². The van der Waals surface area contributed by atoms with Crippen LogP contribution in [0.25, 0.3) is 0 Å². The van der Waals surface area contributed by atoms with E-state index in [4.69, 9.17) is 10.2 Å². The summed E-state index contributed by atoms with van der Waals surface area (Å²) in [5.74, 6) is -2.56. The van der Waals surface area contributed by atoms with Gasteiger partial charge in [0.1, 0.15) is 0 Å². The number of carbonyl (C=O) groups is 2. The van der Waals surface area contributed by atoms with Gasteiger partial charge in [0.15, 0.2) is 0 Å². The summed E-state index contributed by atoms with van der Waals surface area (Å²) in [6.45, 7) is 0. The van der Waals surface area contributed by atoms with Gasteiger partial charge < -0.3 is 10.2 Å². The fraction of sp³-hybridized carbons (Fsp3) is 0. The average molecular weight is 374 g/mol. The van der Waals surface area contributed by atoms with Crippen LogP contribution in [0.2, 0.25) is 0 Å². The van der Waals surface area contributed by atoms with E-state index in [-0.39, 0.29) is 38.4 Å². The van der Waals surface area contributed by atoms with Gasteiger partial charge in [-0.2, -0.15) is 0 Å². The van der Waals surface area contributed by atoms with E-state index in [1.54, 1.807) is 0 Å². The smallest absolute Gasteiger partial charge is 0.338 e. The molecule has 0 fully saturated rings. The number of carboxylic acid groups (broad SMARTS) is 2. The van der Waals surface area contributed by atoms with Gasteiger partial charge in [-0.05, 0) is 6.07 Å². The van der Waals surface area contributed by atoms with Gasteiger partial charge in [0.05, 0.1) is 11.1 Å². The van der Waals surface area contributed by atoms with Crippen LogP contribution in [0.4, 0.5) is 0 Å². The first-order chi connectivity index (χ1) is 5.63. The van der Waals surface area contributed by atoms with Crippen molar-refractivity contribution in [3.05, 3.63) is 29.6 Å². The van der Waals surface area contributed by atoms with Crippen LogP contribution in [0, 0.1) is 0 Å². The molecule has 1 rings (SSSR count). The fourth-order valence-electron chi connectivity index (χ4n) is 0.751. The van der Waals surface area contributed by atoms with Gasteiger partial charge in [-0.15, -0.1) is 0 Å². The summed E-state index contributed by atoms with van der Waals surface area (Å²) >= 11 is 0. The number of hydrogen-bond acceptors (Lipinski definition) is 3. The van der Waals surface area contributed by atoms with E-state index in [9.17, 15) is 9.59 Å². The molecule has 0 bridgehead atoms. The van der Waals surface area contributed by atoms with Crippen molar-refractivity contribution in [3.8, 4) is 0 Å². The zero-order valence-corrected chi connectivity index (χ0v) is 10.3. The minimum absolute atomic E-state index is 0. The Bertz CT molecular complexity index is 306. The molecule has 4 radical (unpaired) electrons. The van der Waals surface area contributed by atoms with Gasteiger partial charge in [-0.3, -0.25) is 4.98 Å². The molecule has 0 aliphatic heterocycles. The first-order valence-electron chi connectivity index (χ1n) is 3.03. The molecule has 0 aliphatic carbocycles. The molecule has 0 unspecified atom stereocenters. The molecule has 0 spiro atoms. The average Bonchev–Trinajstić information content (AvgIpc) is 2.04. The number of carboxylic acids is 2. The summed E-state index contributed by atoms with van der Waals surface area (Å²) in [4.78, 5) is 24.4. The molecular formula is C7H5NO4Pb. The first-order valence-corrected chi connectivity index (χ1v) is 3.03. The summed E-state index contributed by atoms with van der Waals surface area (Å²) in [6.07, 6.45) is 2.24. The number of nitrogens with zero attached hydrogens (tertiary/aromatic N) is 1. The van der Waals surface area contributed by atoms with Gasteiger partial charge in [0.2, 0.25) is 0 Å². The summed E-state index contributed by atoms with van der Waals surface area (Å²) in [5.41, 5.74) is -0.553. The second-order valence-electron chi connectivity index (χ2n) is 2.03. The van der Waals surface area contributed by atoms with Crippen LogP contribution in [-0.2, 0) is 0 Å². The molecule has 0 aromatic carbocycles. The molecule has 1 aromatic heterocycles. The number of hydrogen-bond donors (Lipinski definition) is 2. The van der Waals surface area contributed by atoms with E-state index in [2.05, 4.69) is 4.98 Å². The number of aromatic nitrogens is 1. The van der Waals surface area contributed by atoms with Crippen molar-refractivity contribution < 1.29 is 19.8 Å². The van der Waals surface area contributed by atoms with Gasteiger partial charge >= 0.3 is 11.9 Å². The van der Waals surface area contributed by atoms with Gasteiger partial charge in [-0.1, -0.05) is 0 Å². The van der Waals surface area contributed by atoms with Crippen LogP contribution in [0.1, 0.15) is 20.7 Å². The Labute approximate surface area is 93.6 Å². The molecule has 66 valence electrons. The molecule has 5 nitrogen and oxygen atoms in total. The Morgan fingerprint density at radius 1 is 1.15 bits per heavy atom. The minimum atomic E-state index is -1.29. The topological polar surface area (TPSA) is 87.5 Å². The van der Waals surface area contributed by atoms with Crippen molar-refractivity contribution in [2.24, 2.45) is 0 Å². The summed E-state index contributed by atoms with van der Waals surface area (Å²) in [5, 5.41) is 17.0. The van der Waals surface area contributed by atoms with E-state index in [0.29, 0.717) is 0 Å². The Morgan fingerprint density at radius 3 is 2.08 bits per heavy atom. The predicted octanol–water partition coefficient (Wildman–Crippen LogP) is 0.0972. The third-order valence-corrected chi connectivity index (χ3v) is 1.28. The van der Waals surface area contributed by atoms with E-state index in [1.807, 2.05) is 0 Å². The van der Waals surface area contributed by atoms with Crippen LogP contribution < -0.4 is 0 Å². The van der Waals surface area contributed by atoms with E-state index in [0.717, 1.165) is 12.3 Å². The van der Waals surface area contributed by atoms with E-state index in [1.165, 1.54) is 6.20 Å². The maximum absolute atomic E-state index is 10.4. The Balaban J connectivity index is 0.00000144. The molecule has 1 aromatic rings. The molecule has 0 saturated carbocycles. The summed E-state index contributed by atoms with van der Waals surface area (Å²) < 4.78 is 0. The number of rotatable bonds is 2. The quantitative estimate of drug-likeness (QED) is 0.717. The maximum Gasteiger partial charge on any atom is 0.338 e. The predicted molar refractivity (Wildman–Crippen MR) is 43.9 cm³/mol. The van der Waals surface area contributed by atoms with Gasteiger partial charge in [0, 0.05) is 39.7 Å². The van der Waals surface area contributed by atoms with Crippen molar-refractivity contribution in [1.82, 2.24) is 4.98 Å². The Morgan fingerprint density at radius 2 is 1.69 bits per heavy atom. The molecule has 6 heteroatoms. The van der Waals surface area contributed by atoms with Crippen molar-refractivity contribution in [2.75, 3.05) is 0 Å². The standard InChI is InChI=1S/C7H5NO4.Pb/c9-6(10)4-1-2-8-3-5(4)7(11)12;/h1-3H,(H,9,10)(H,11,12);. The largest absolute Gasteiger partial charge is 0.478 e. The van der Waals surface area contributed by atoms with Crippen molar-refractivity contribution in [3.63, 3.8) is 0 Å². The minimum Gasteiger partial charge on any atom is -0.478 e. The summed E-state index contributed by atoms with van der Waals surface area (Å²) in [6, 6.07) is 1.14. The molecule has 13 heavy (non-hydrogen) atoms. The van der Waals surface area contributed by atoms with E-state index < -0.39 is 11.9 Å². The SMILES string of the molecule is O=C(O)c1ccncc1C(=O)O.[Pb]. The normalized spacial score (nSPS) is 8.62. The summed E-state index contributed by atoms with van der Waals surface area (Å²) in [7, 11) is 0. The van der Waals surface area contributed by atoms with Crippen molar-refractivity contribution in [2.45, 2.75) is 0 Å². The molecule has 0 aliphatic rings. The molecule has 0 atom stereocenters. The van der Waals surface area contributed by atoms with Gasteiger partial charge in [-0.25, -0.2) is 9.59 Å². The number of pyridine rings is 1. The van der Waals surface area contributed by atoms with E-state index >= 15 is 0 Å². The van der Waals surface area contributed by atoms with Crippen molar-refractivity contribution in [1.29, 1.82) is 0 Å². The number of aromatic carboxylic acids is 2. The Hall–Kier alpha value is -0.988. The van der Waals surface area contributed by atoms with Crippen LogP contribution in [-0.4, -0.2) is 54.4 Å². The molecule has 0 saturated heterocycles. The van der Waals surface area contributed by atoms with Crippen LogP contribution in [0.15, 0.2) is 18.5 Å². The zero-order chi connectivity index (χ0) is 9.14. The first kappa shape index (κ1) is 12.0. The Kier molecular flexibility index (Phi) is 4.53. The molecule has 2 N–H and O–H groups in total. The third kappa shape index (κ3) is 2.76. The fourth-order valence-corrected chi connectivity index (χ4v) is 0.751. The maximum atomic E-state index is 10.4. The van der Waals surface area contributed by atoms with Crippen LogP contribution >= 0.6 is 0 Å². The second-order valence-corrected chi connectivity index (χ2v) is 2.03. The third-order valence-electron chi connectivity index (χ3n) is 1.28. The van der Waals surface area contributed by atoms with Crippen molar-refractivity contribution >= 4 is 39.2 Å². The molecule has 0 amide bonds. The second kappa shape index (κ2) is 4.90. The molecular weight excluding hydrogens is 369 g/mol. The monoisotopic (exact) mass is 375 g/mol. The zero-order valence-electron chi connectivity index (χ0n) is 6.39. The van der Waals surface area contributed by atoms with Gasteiger partial charge in [0.25, 0.3) is 0 Å².